The summed E-state index contributed by atoms with van der Waals surface area (Å²) in [6.07, 6.45) is 17.8. The predicted octanol–water partition coefficient (Wildman–Crippen LogP) is 0.786. The molecule has 0 N–H and O–H groups in total. The molecule has 0 saturated carbocycles. The van der Waals surface area contributed by atoms with E-state index in [0.717, 1.165) is 6.54 Å². The fourth-order valence-electron chi connectivity index (χ4n) is 3.57. The van der Waals surface area contributed by atoms with Crippen LogP contribution in [-0.4, -0.2) is 30.7 Å². The van der Waals surface area contributed by atoms with Crippen LogP contribution in [0.4, 0.5) is 0 Å². The lowest BCUT2D eigenvalue weighted by molar-refractivity contribution is -0.929. The van der Waals surface area contributed by atoms with Crippen LogP contribution < -0.4 is 38.5 Å². The Kier molecular flexibility index (Phi) is 28.3. The number of nitrogens with zero attached hydrogens (tertiary/aromatic N) is 2. The highest BCUT2D eigenvalue weighted by Crippen LogP contribution is 2.16. The molecular weight excluding hydrogens is 488 g/mol. The van der Waals surface area contributed by atoms with E-state index in [1.807, 2.05) is 6.07 Å². The van der Waals surface area contributed by atoms with Crippen molar-refractivity contribution >= 4 is 0 Å². The van der Waals surface area contributed by atoms with E-state index in [1.165, 1.54) is 94.9 Å². The van der Waals surface area contributed by atoms with Crippen molar-refractivity contribution in [3.63, 3.8) is 0 Å². The summed E-state index contributed by atoms with van der Waals surface area (Å²) >= 11 is 0. The molecule has 0 aliphatic heterocycles. The Morgan fingerprint density at radius 1 is 0.517 bits per heavy atom. The number of unbranched alkanes of at least 4 members (excludes halogenated alkanes) is 5. The number of halogens is 2. The SMILES string of the molecule is CCCC[N+](CCCC)(CCCC)CCCC.CCCC[n+]1ccccc1.[Br-].[Br-]. The molecule has 0 aliphatic rings. The average Bonchev–Trinajstić information content (AvgIpc) is 2.72. The van der Waals surface area contributed by atoms with Gasteiger partial charge in [0.15, 0.2) is 12.4 Å². The second-order valence-corrected chi connectivity index (χ2v) is 8.12. The van der Waals surface area contributed by atoms with Gasteiger partial charge in [0.1, 0.15) is 6.54 Å². The van der Waals surface area contributed by atoms with E-state index < -0.39 is 0 Å². The van der Waals surface area contributed by atoms with Crippen molar-refractivity contribution < 1.29 is 43.0 Å². The molecule has 0 saturated heterocycles. The molecule has 0 bridgehead atoms. The number of pyridine rings is 1. The maximum Gasteiger partial charge on any atom is 0.168 e. The van der Waals surface area contributed by atoms with Crippen LogP contribution in [0.15, 0.2) is 30.6 Å². The number of hydrogen-bond acceptors (Lipinski definition) is 0. The lowest BCUT2D eigenvalue weighted by Gasteiger charge is -2.39. The molecular formula is C25H50Br2N2. The largest absolute Gasteiger partial charge is 1.00 e. The minimum absolute atomic E-state index is 0. The Bertz CT molecular complexity index is 375. The van der Waals surface area contributed by atoms with Crippen LogP contribution in [0, 0.1) is 0 Å². The second-order valence-electron chi connectivity index (χ2n) is 8.12. The Morgan fingerprint density at radius 2 is 0.862 bits per heavy atom. The van der Waals surface area contributed by atoms with Crippen molar-refractivity contribution in [3.8, 4) is 0 Å². The molecule has 0 fully saturated rings. The zero-order chi connectivity index (χ0) is 20.2. The molecule has 1 aromatic rings. The Labute approximate surface area is 204 Å². The summed E-state index contributed by atoms with van der Waals surface area (Å²) in [5.74, 6) is 0. The highest BCUT2D eigenvalue weighted by molar-refractivity contribution is 4.83. The van der Waals surface area contributed by atoms with Crippen molar-refractivity contribution in [1.82, 2.24) is 0 Å². The third-order valence-corrected chi connectivity index (χ3v) is 5.49. The second kappa shape index (κ2) is 24.3. The number of aryl methyl sites for hydroxylation is 1. The van der Waals surface area contributed by atoms with Gasteiger partial charge in [-0.15, -0.1) is 0 Å². The minimum atomic E-state index is 0. The number of quaternary nitrogens is 1. The van der Waals surface area contributed by atoms with Gasteiger partial charge in [-0.25, -0.2) is 4.57 Å². The molecule has 0 unspecified atom stereocenters. The van der Waals surface area contributed by atoms with E-state index >= 15 is 0 Å². The monoisotopic (exact) mass is 536 g/mol. The van der Waals surface area contributed by atoms with Gasteiger partial charge in [-0.3, -0.25) is 0 Å². The van der Waals surface area contributed by atoms with Gasteiger partial charge in [-0.2, -0.15) is 0 Å². The molecule has 1 aromatic heterocycles. The van der Waals surface area contributed by atoms with E-state index in [1.54, 1.807) is 0 Å². The zero-order valence-electron chi connectivity index (χ0n) is 20.1. The van der Waals surface area contributed by atoms with Crippen LogP contribution >= 0.6 is 0 Å². The summed E-state index contributed by atoms with van der Waals surface area (Å²) in [4.78, 5) is 0. The van der Waals surface area contributed by atoms with E-state index in [4.69, 9.17) is 0 Å². The normalized spacial score (nSPS) is 10.4. The van der Waals surface area contributed by atoms with E-state index in [0.29, 0.717) is 0 Å². The van der Waals surface area contributed by atoms with Crippen LogP contribution in [0.5, 0.6) is 0 Å². The predicted molar refractivity (Wildman–Crippen MR) is 121 cm³/mol. The fourth-order valence-corrected chi connectivity index (χ4v) is 3.57. The van der Waals surface area contributed by atoms with Gasteiger partial charge in [0, 0.05) is 18.6 Å². The van der Waals surface area contributed by atoms with Crippen molar-refractivity contribution in [2.24, 2.45) is 0 Å². The van der Waals surface area contributed by atoms with Gasteiger partial charge in [0.05, 0.1) is 26.2 Å². The molecule has 0 amide bonds. The van der Waals surface area contributed by atoms with Gasteiger partial charge < -0.3 is 38.4 Å². The van der Waals surface area contributed by atoms with Crippen LogP contribution in [0.1, 0.15) is 98.8 Å². The summed E-state index contributed by atoms with van der Waals surface area (Å²) in [6, 6.07) is 6.17. The standard InChI is InChI=1S/C16H36N.C9H14N.2BrH/c1-5-9-13-17(14-10-6-2,15-11-7-3)16-12-8-4;1-2-3-7-10-8-5-4-6-9-10;;/h5-16H2,1-4H3;4-6,8-9H,2-3,7H2,1H3;2*1H/q2*+1;;/p-2. The molecule has 1 heterocycles. The summed E-state index contributed by atoms with van der Waals surface area (Å²) in [6.45, 7) is 18.4. The molecule has 4 heteroatoms. The number of hydrogen-bond donors (Lipinski definition) is 0. The maximum atomic E-state index is 2.33. The third-order valence-electron chi connectivity index (χ3n) is 5.49. The fraction of sp³-hybridized carbons (Fsp3) is 0.800. The Balaban J connectivity index is -0.000000484. The summed E-state index contributed by atoms with van der Waals surface area (Å²) in [5.41, 5.74) is 0. The third kappa shape index (κ3) is 18.5. The summed E-state index contributed by atoms with van der Waals surface area (Å²) < 4.78 is 3.63. The average molecular weight is 538 g/mol. The van der Waals surface area contributed by atoms with Crippen molar-refractivity contribution in [1.29, 1.82) is 0 Å². The smallest absolute Gasteiger partial charge is 0.168 e. The molecule has 2 nitrogen and oxygen atoms in total. The summed E-state index contributed by atoms with van der Waals surface area (Å²) in [5, 5.41) is 0. The van der Waals surface area contributed by atoms with Gasteiger partial charge >= 0.3 is 0 Å². The number of rotatable bonds is 15. The van der Waals surface area contributed by atoms with Crippen molar-refractivity contribution in [2.75, 3.05) is 26.2 Å². The van der Waals surface area contributed by atoms with Crippen LogP contribution in [0.3, 0.4) is 0 Å². The minimum Gasteiger partial charge on any atom is -1.00 e. The topological polar surface area (TPSA) is 3.88 Å². The summed E-state index contributed by atoms with van der Waals surface area (Å²) in [7, 11) is 0. The first kappa shape index (κ1) is 33.7. The highest BCUT2D eigenvalue weighted by atomic mass is 79.9. The Morgan fingerprint density at radius 3 is 1.17 bits per heavy atom. The lowest BCUT2D eigenvalue weighted by atomic mass is 10.1. The molecule has 1 rings (SSSR count). The van der Waals surface area contributed by atoms with Crippen molar-refractivity contribution in [2.45, 2.75) is 105 Å². The van der Waals surface area contributed by atoms with Gasteiger partial charge in [-0.1, -0.05) is 72.8 Å². The Hall–Kier alpha value is 0.0700. The van der Waals surface area contributed by atoms with Crippen molar-refractivity contribution in [3.05, 3.63) is 30.6 Å². The van der Waals surface area contributed by atoms with Crippen LogP contribution in [0.2, 0.25) is 0 Å². The molecule has 29 heavy (non-hydrogen) atoms. The highest BCUT2D eigenvalue weighted by Gasteiger charge is 2.24. The van der Waals surface area contributed by atoms with E-state index in [-0.39, 0.29) is 34.0 Å². The molecule has 0 atom stereocenters. The lowest BCUT2D eigenvalue weighted by Crippen LogP contribution is -3.00. The van der Waals surface area contributed by atoms with Gasteiger partial charge in [0.25, 0.3) is 0 Å². The zero-order valence-corrected chi connectivity index (χ0v) is 23.3. The molecule has 0 aromatic carbocycles. The van der Waals surface area contributed by atoms with Gasteiger partial charge in [-0.05, 0) is 25.7 Å². The molecule has 0 radical (unpaired) electrons. The quantitative estimate of drug-likeness (QED) is 0.230. The maximum absolute atomic E-state index is 2.33. The first-order valence-electron chi connectivity index (χ1n) is 12.0. The first-order valence-corrected chi connectivity index (χ1v) is 12.0. The van der Waals surface area contributed by atoms with Crippen LogP contribution in [-0.2, 0) is 6.54 Å². The number of aromatic nitrogens is 1. The first-order chi connectivity index (χ1) is 13.2. The molecule has 0 aliphatic carbocycles. The van der Waals surface area contributed by atoms with E-state index in [2.05, 4.69) is 63.7 Å². The van der Waals surface area contributed by atoms with E-state index in [9.17, 15) is 0 Å². The molecule has 174 valence electrons. The van der Waals surface area contributed by atoms with Gasteiger partial charge in [0.2, 0.25) is 0 Å². The van der Waals surface area contributed by atoms with Crippen LogP contribution in [0.25, 0.3) is 0 Å². The molecule has 0 spiro atoms.